The van der Waals surface area contributed by atoms with E-state index >= 15 is 0 Å². The summed E-state index contributed by atoms with van der Waals surface area (Å²) in [6.45, 7) is 9.77. The van der Waals surface area contributed by atoms with Gasteiger partial charge in [0.1, 0.15) is 5.75 Å². The third-order valence-corrected chi connectivity index (χ3v) is 5.21. The third kappa shape index (κ3) is 4.82. The summed E-state index contributed by atoms with van der Waals surface area (Å²) in [6.07, 6.45) is 0.888. The zero-order valence-electron chi connectivity index (χ0n) is 15.3. The molecule has 2 N–H and O–H groups in total. The van der Waals surface area contributed by atoms with E-state index in [1.165, 1.54) is 16.2 Å². The molecule has 25 heavy (non-hydrogen) atoms. The van der Waals surface area contributed by atoms with Gasteiger partial charge in [-0.2, -0.15) is 0 Å². The highest BCUT2D eigenvalue weighted by molar-refractivity contribution is 7.14. The molecule has 6 heteroatoms. The van der Waals surface area contributed by atoms with Gasteiger partial charge in [0.2, 0.25) is 0 Å². The zero-order valence-corrected chi connectivity index (χ0v) is 16.1. The predicted molar refractivity (Wildman–Crippen MR) is 100 cm³/mol. The highest BCUT2D eigenvalue weighted by Crippen LogP contribution is 2.24. The number of hydrazine groups is 1. The lowest BCUT2D eigenvalue weighted by Crippen LogP contribution is -2.43. The van der Waals surface area contributed by atoms with Crippen molar-refractivity contribution in [2.45, 2.75) is 41.0 Å². The Bertz CT molecular complexity index is 773. The fourth-order valence-electron chi connectivity index (χ4n) is 2.74. The molecule has 0 aliphatic rings. The average molecular weight is 360 g/mol. The Balaban J connectivity index is 1.87. The molecule has 2 amide bonds. The Kier molecular flexibility index (Phi) is 6.20. The van der Waals surface area contributed by atoms with E-state index in [9.17, 15) is 9.59 Å². The summed E-state index contributed by atoms with van der Waals surface area (Å²) >= 11 is 1.44. The van der Waals surface area contributed by atoms with Crippen LogP contribution >= 0.6 is 11.3 Å². The molecule has 0 atom stereocenters. The Morgan fingerprint density at radius 1 is 1.00 bits per heavy atom. The minimum atomic E-state index is -0.406. The van der Waals surface area contributed by atoms with Gasteiger partial charge in [-0.3, -0.25) is 20.4 Å². The van der Waals surface area contributed by atoms with Crippen LogP contribution in [0, 0.1) is 27.7 Å². The summed E-state index contributed by atoms with van der Waals surface area (Å²) < 4.78 is 5.60. The molecule has 2 rings (SSSR count). The largest absolute Gasteiger partial charge is 0.483 e. The standard InChI is InChI=1S/C19H24N2O3S/c1-6-15-12(3)9-16(25-15)19(23)21-20-17(22)10-24-18-13(4)7-11(2)8-14(18)5/h7-9H,6,10H2,1-5H3,(H,20,22)(H,21,23). The van der Waals surface area contributed by atoms with Crippen LogP contribution in [0.3, 0.4) is 0 Å². The molecule has 0 saturated heterocycles. The second-order valence-electron chi connectivity index (χ2n) is 6.09. The van der Waals surface area contributed by atoms with Crippen LogP contribution in [-0.2, 0) is 11.2 Å². The minimum Gasteiger partial charge on any atom is -0.483 e. The van der Waals surface area contributed by atoms with E-state index in [0.29, 0.717) is 10.6 Å². The fraction of sp³-hybridized carbons (Fsp3) is 0.368. The highest BCUT2D eigenvalue weighted by atomic mass is 32.1. The van der Waals surface area contributed by atoms with E-state index in [0.717, 1.165) is 28.7 Å². The first kappa shape index (κ1) is 19.0. The smallest absolute Gasteiger partial charge is 0.279 e. The van der Waals surface area contributed by atoms with Gasteiger partial charge in [-0.15, -0.1) is 11.3 Å². The number of hydrogen-bond donors (Lipinski definition) is 2. The molecule has 0 bridgehead atoms. The van der Waals surface area contributed by atoms with Gasteiger partial charge in [0.05, 0.1) is 4.88 Å². The second kappa shape index (κ2) is 8.16. The summed E-state index contributed by atoms with van der Waals surface area (Å²) in [5.74, 6) is -0.0193. The lowest BCUT2D eigenvalue weighted by atomic mass is 10.1. The molecule has 0 aliphatic carbocycles. The molecule has 1 heterocycles. The maximum absolute atomic E-state index is 12.1. The summed E-state index contributed by atoms with van der Waals surface area (Å²) in [5, 5.41) is 0. The normalized spacial score (nSPS) is 10.4. The molecule has 0 saturated carbocycles. The first-order valence-electron chi connectivity index (χ1n) is 8.21. The van der Waals surface area contributed by atoms with Crippen LogP contribution in [-0.4, -0.2) is 18.4 Å². The molecule has 0 unspecified atom stereocenters. The van der Waals surface area contributed by atoms with E-state index in [1.54, 1.807) is 0 Å². The van der Waals surface area contributed by atoms with Gasteiger partial charge in [0.25, 0.3) is 11.8 Å². The fourth-order valence-corrected chi connectivity index (χ4v) is 3.75. The SMILES string of the molecule is CCc1sc(C(=O)NNC(=O)COc2c(C)cc(C)cc2C)cc1C. The van der Waals surface area contributed by atoms with Crippen LogP contribution in [0.25, 0.3) is 0 Å². The van der Waals surface area contributed by atoms with Crippen molar-refractivity contribution in [3.05, 3.63) is 50.2 Å². The first-order chi connectivity index (χ1) is 11.8. The topological polar surface area (TPSA) is 67.4 Å². The number of nitrogens with one attached hydrogen (secondary N) is 2. The van der Waals surface area contributed by atoms with E-state index in [-0.39, 0.29) is 12.5 Å². The maximum atomic E-state index is 12.1. The molecular formula is C19H24N2O3S. The number of carbonyl (C=O) groups is 2. The first-order valence-corrected chi connectivity index (χ1v) is 9.02. The van der Waals surface area contributed by atoms with Crippen LogP contribution in [0.1, 0.15) is 43.7 Å². The summed E-state index contributed by atoms with van der Waals surface area (Å²) in [5.41, 5.74) is 9.03. The number of amides is 2. The Hall–Kier alpha value is -2.34. The monoisotopic (exact) mass is 360 g/mol. The molecular weight excluding hydrogens is 336 g/mol. The summed E-state index contributed by atoms with van der Waals surface area (Å²) in [7, 11) is 0. The van der Waals surface area contributed by atoms with Gasteiger partial charge in [-0.25, -0.2) is 0 Å². The maximum Gasteiger partial charge on any atom is 0.279 e. The third-order valence-electron chi connectivity index (χ3n) is 3.83. The number of thiophene rings is 1. The second-order valence-corrected chi connectivity index (χ2v) is 7.23. The summed E-state index contributed by atoms with van der Waals surface area (Å²) in [6, 6.07) is 5.85. The number of ether oxygens (including phenoxy) is 1. The van der Waals surface area contributed by atoms with E-state index in [2.05, 4.69) is 17.8 Å². The molecule has 0 aliphatic heterocycles. The number of benzene rings is 1. The molecule has 1 aromatic carbocycles. The van der Waals surface area contributed by atoms with Crippen molar-refractivity contribution in [3.63, 3.8) is 0 Å². The minimum absolute atomic E-state index is 0.158. The van der Waals surface area contributed by atoms with Gasteiger partial charge >= 0.3 is 0 Å². The van der Waals surface area contributed by atoms with Crippen LogP contribution in [0.4, 0.5) is 0 Å². The number of rotatable bonds is 5. The van der Waals surface area contributed by atoms with Gasteiger partial charge in [-0.05, 0) is 56.9 Å². The predicted octanol–water partition coefficient (Wildman–Crippen LogP) is 3.38. The summed E-state index contributed by atoms with van der Waals surface area (Å²) in [4.78, 5) is 25.8. The number of aryl methyl sites for hydroxylation is 5. The molecule has 134 valence electrons. The van der Waals surface area contributed by atoms with Crippen LogP contribution in [0.15, 0.2) is 18.2 Å². The van der Waals surface area contributed by atoms with Crippen molar-refractivity contribution in [2.75, 3.05) is 6.61 Å². The molecule has 1 aromatic heterocycles. The Morgan fingerprint density at radius 2 is 1.64 bits per heavy atom. The van der Waals surface area contributed by atoms with Crippen LogP contribution < -0.4 is 15.6 Å². The molecule has 0 fully saturated rings. The molecule has 0 radical (unpaired) electrons. The Labute approximate surface area is 152 Å². The number of hydrogen-bond acceptors (Lipinski definition) is 4. The average Bonchev–Trinajstić information content (AvgIpc) is 2.92. The van der Waals surface area contributed by atoms with Crippen molar-refractivity contribution >= 4 is 23.2 Å². The lowest BCUT2D eigenvalue weighted by molar-refractivity contribution is -0.123. The Morgan fingerprint density at radius 3 is 2.20 bits per heavy atom. The zero-order chi connectivity index (χ0) is 18.6. The molecule has 0 spiro atoms. The van der Waals surface area contributed by atoms with Crippen molar-refractivity contribution in [1.82, 2.24) is 10.9 Å². The lowest BCUT2D eigenvalue weighted by Gasteiger charge is -2.13. The highest BCUT2D eigenvalue weighted by Gasteiger charge is 2.13. The van der Waals surface area contributed by atoms with E-state index in [1.807, 2.05) is 45.9 Å². The van der Waals surface area contributed by atoms with E-state index in [4.69, 9.17) is 4.74 Å². The van der Waals surface area contributed by atoms with Gasteiger partial charge in [0, 0.05) is 4.88 Å². The molecule has 5 nitrogen and oxygen atoms in total. The van der Waals surface area contributed by atoms with Crippen molar-refractivity contribution in [1.29, 1.82) is 0 Å². The van der Waals surface area contributed by atoms with Crippen molar-refractivity contribution in [3.8, 4) is 5.75 Å². The van der Waals surface area contributed by atoms with E-state index < -0.39 is 5.91 Å². The van der Waals surface area contributed by atoms with Crippen LogP contribution in [0.2, 0.25) is 0 Å². The van der Waals surface area contributed by atoms with Gasteiger partial charge < -0.3 is 4.74 Å². The quantitative estimate of drug-likeness (QED) is 0.803. The molecule has 2 aromatic rings. The van der Waals surface area contributed by atoms with Crippen molar-refractivity contribution < 1.29 is 14.3 Å². The van der Waals surface area contributed by atoms with Gasteiger partial charge in [-0.1, -0.05) is 24.6 Å². The van der Waals surface area contributed by atoms with Crippen LogP contribution in [0.5, 0.6) is 5.75 Å². The van der Waals surface area contributed by atoms with Crippen molar-refractivity contribution in [2.24, 2.45) is 0 Å². The number of carbonyl (C=O) groups excluding carboxylic acids is 2. The van der Waals surface area contributed by atoms with Gasteiger partial charge in [0.15, 0.2) is 6.61 Å².